The van der Waals surface area contributed by atoms with Gasteiger partial charge in [0.1, 0.15) is 17.2 Å². The fourth-order valence-corrected chi connectivity index (χ4v) is 4.61. The summed E-state index contributed by atoms with van der Waals surface area (Å²) in [6, 6.07) is 16.8. The molecular formula is C24H19N5O3S. The number of methoxy groups -OCH3 is 2. The summed E-state index contributed by atoms with van der Waals surface area (Å²) in [6.45, 7) is 0. The molecule has 0 aliphatic carbocycles. The zero-order valence-corrected chi connectivity index (χ0v) is 18.6. The van der Waals surface area contributed by atoms with Crippen molar-refractivity contribution in [3.8, 4) is 22.1 Å². The lowest BCUT2D eigenvalue weighted by molar-refractivity contribution is 0.100. The molecule has 3 aromatic carbocycles. The van der Waals surface area contributed by atoms with E-state index in [0.29, 0.717) is 22.9 Å². The van der Waals surface area contributed by atoms with Crippen molar-refractivity contribution in [1.29, 1.82) is 0 Å². The first-order chi connectivity index (χ1) is 16.1. The van der Waals surface area contributed by atoms with Crippen LogP contribution in [0.3, 0.4) is 0 Å². The number of hydrogen-bond acceptors (Lipinski definition) is 8. The molecule has 33 heavy (non-hydrogen) atoms. The zero-order valence-electron chi connectivity index (χ0n) is 17.8. The number of fused-ring (bicyclic) bond motifs is 2. The maximum atomic E-state index is 11.8. The van der Waals surface area contributed by atoms with Gasteiger partial charge in [-0.25, -0.2) is 15.0 Å². The van der Waals surface area contributed by atoms with Gasteiger partial charge in [-0.3, -0.25) is 4.79 Å². The first kappa shape index (κ1) is 20.7. The lowest BCUT2D eigenvalue weighted by Gasteiger charge is -2.12. The summed E-state index contributed by atoms with van der Waals surface area (Å²) in [5.41, 5.74) is 9.06. The van der Waals surface area contributed by atoms with E-state index < -0.39 is 5.91 Å². The Hall–Kier alpha value is -4.24. The van der Waals surface area contributed by atoms with E-state index in [-0.39, 0.29) is 0 Å². The number of primary amides is 1. The minimum Gasteiger partial charge on any atom is -0.493 e. The van der Waals surface area contributed by atoms with Crippen molar-refractivity contribution in [2.24, 2.45) is 5.73 Å². The number of anilines is 2. The van der Waals surface area contributed by atoms with Gasteiger partial charge in [0.25, 0.3) is 0 Å². The molecule has 5 rings (SSSR count). The van der Waals surface area contributed by atoms with Crippen LogP contribution in [0.5, 0.6) is 11.5 Å². The second-order valence-electron chi connectivity index (χ2n) is 7.18. The molecule has 0 spiro atoms. The number of carbonyl (C=O) groups is 1. The quantitative estimate of drug-likeness (QED) is 0.378. The molecule has 0 saturated carbocycles. The van der Waals surface area contributed by atoms with E-state index in [9.17, 15) is 4.79 Å². The van der Waals surface area contributed by atoms with Crippen molar-refractivity contribution in [1.82, 2.24) is 15.0 Å². The summed E-state index contributed by atoms with van der Waals surface area (Å²) in [4.78, 5) is 25.3. The monoisotopic (exact) mass is 457 g/mol. The van der Waals surface area contributed by atoms with Crippen molar-refractivity contribution in [2.75, 3.05) is 19.5 Å². The average Bonchev–Trinajstić information content (AvgIpc) is 3.26. The van der Waals surface area contributed by atoms with Crippen molar-refractivity contribution in [2.45, 2.75) is 0 Å². The zero-order chi connectivity index (χ0) is 22.9. The van der Waals surface area contributed by atoms with Crippen LogP contribution in [0.15, 0.2) is 60.9 Å². The SMILES string of the molecule is COc1cc2ncnc(Nc3ccc4sc(-c5ccccc5C(N)=O)nc4c3)c2cc1OC. The number of hydrogen-bond donors (Lipinski definition) is 2. The molecule has 0 aliphatic heterocycles. The third-order valence-corrected chi connectivity index (χ3v) is 6.28. The first-order valence-electron chi connectivity index (χ1n) is 10.0. The average molecular weight is 458 g/mol. The van der Waals surface area contributed by atoms with Crippen LogP contribution < -0.4 is 20.5 Å². The minimum absolute atomic E-state index is 0.451. The van der Waals surface area contributed by atoms with Crippen LogP contribution in [0, 0.1) is 0 Å². The van der Waals surface area contributed by atoms with Gasteiger partial charge in [-0.15, -0.1) is 11.3 Å². The molecule has 0 unspecified atom stereocenters. The molecule has 9 heteroatoms. The molecule has 8 nitrogen and oxygen atoms in total. The van der Waals surface area contributed by atoms with Gasteiger partial charge in [0.05, 0.1) is 30.0 Å². The molecule has 0 bridgehead atoms. The number of nitrogens with two attached hydrogens (primary N) is 1. The van der Waals surface area contributed by atoms with Gasteiger partial charge in [-0.1, -0.05) is 18.2 Å². The molecule has 2 heterocycles. The smallest absolute Gasteiger partial charge is 0.249 e. The lowest BCUT2D eigenvalue weighted by Crippen LogP contribution is -2.12. The van der Waals surface area contributed by atoms with Crippen LogP contribution in [0.4, 0.5) is 11.5 Å². The van der Waals surface area contributed by atoms with Crippen LogP contribution in [0.1, 0.15) is 10.4 Å². The van der Waals surface area contributed by atoms with E-state index in [2.05, 4.69) is 15.3 Å². The summed E-state index contributed by atoms with van der Waals surface area (Å²) in [5, 5.41) is 4.88. The number of nitrogens with one attached hydrogen (secondary N) is 1. The summed E-state index contributed by atoms with van der Waals surface area (Å²) in [6.07, 6.45) is 1.50. The molecule has 1 amide bonds. The first-order valence-corrected chi connectivity index (χ1v) is 10.8. The molecule has 0 aliphatic rings. The maximum Gasteiger partial charge on any atom is 0.249 e. The Labute approximate surface area is 193 Å². The Kier molecular flexibility index (Phi) is 5.23. The Morgan fingerprint density at radius 1 is 0.970 bits per heavy atom. The third-order valence-electron chi connectivity index (χ3n) is 5.21. The highest BCUT2D eigenvalue weighted by Gasteiger charge is 2.15. The van der Waals surface area contributed by atoms with Crippen molar-refractivity contribution < 1.29 is 14.3 Å². The van der Waals surface area contributed by atoms with Crippen molar-refractivity contribution in [3.63, 3.8) is 0 Å². The largest absolute Gasteiger partial charge is 0.493 e. The Morgan fingerprint density at radius 2 is 1.76 bits per heavy atom. The van der Waals surface area contributed by atoms with Gasteiger partial charge in [0.2, 0.25) is 5.91 Å². The van der Waals surface area contributed by atoms with E-state index in [4.69, 9.17) is 20.2 Å². The topological polar surface area (TPSA) is 112 Å². The normalized spacial score (nSPS) is 11.0. The van der Waals surface area contributed by atoms with Crippen LogP contribution in [-0.4, -0.2) is 35.1 Å². The summed E-state index contributed by atoms with van der Waals surface area (Å²) in [5.74, 6) is 1.35. The van der Waals surface area contributed by atoms with Gasteiger partial charge in [-0.2, -0.15) is 0 Å². The predicted octanol–water partition coefficient (Wildman–Crippen LogP) is 4.77. The van der Waals surface area contributed by atoms with Gasteiger partial charge in [0.15, 0.2) is 11.5 Å². The molecular weight excluding hydrogens is 438 g/mol. The highest BCUT2D eigenvalue weighted by molar-refractivity contribution is 7.21. The Bertz CT molecular complexity index is 1520. The molecule has 3 N–H and O–H groups in total. The number of aromatic nitrogens is 3. The van der Waals surface area contributed by atoms with E-state index in [0.717, 1.165) is 37.4 Å². The number of thiazole rings is 1. The van der Waals surface area contributed by atoms with E-state index in [1.54, 1.807) is 26.4 Å². The van der Waals surface area contributed by atoms with E-state index >= 15 is 0 Å². The van der Waals surface area contributed by atoms with Crippen molar-refractivity contribution in [3.05, 3.63) is 66.5 Å². The molecule has 164 valence electrons. The van der Waals surface area contributed by atoms with E-state index in [1.165, 1.54) is 17.7 Å². The summed E-state index contributed by atoms with van der Waals surface area (Å²) >= 11 is 1.51. The van der Waals surface area contributed by atoms with Crippen LogP contribution >= 0.6 is 11.3 Å². The molecule has 0 saturated heterocycles. The standard InChI is InChI=1S/C24H19N5O3S/c1-31-19-10-16-17(11-20(19)32-2)26-12-27-23(16)28-13-7-8-21-18(9-13)29-24(33-21)15-6-4-3-5-14(15)22(25)30/h3-12H,1-2H3,(H2,25,30)(H,26,27,28). The second kappa shape index (κ2) is 8.36. The number of ether oxygens (including phenoxy) is 2. The minimum atomic E-state index is -0.477. The van der Waals surface area contributed by atoms with Crippen LogP contribution in [-0.2, 0) is 0 Å². The fraction of sp³-hybridized carbons (Fsp3) is 0.0833. The Balaban J connectivity index is 1.53. The van der Waals surface area contributed by atoms with Gasteiger partial charge < -0.3 is 20.5 Å². The summed E-state index contributed by atoms with van der Waals surface area (Å²) in [7, 11) is 3.17. The van der Waals surface area contributed by atoms with Gasteiger partial charge in [0, 0.05) is 28.3 Å². The van der Waals surface area contributed by atoms with Gasteiger partial charge in [-0.05, 0) is 30.3 Å². The lowest BCUT2D eigenvalue weighted by atomic mass is 10.1. The Morgan fingerprint density at radius 3 is 2.55 bits per heavy atom. The molecule has 0 fully saturated rings. The summed E-state index contributed by atoms with van der Waals surface area (Å²) < 4.78 is 11.8. The van der Waals surface area contributed by atoms with E-state index in [1.807, 2.05) is 42.5 Å². The van der Waals surface area contributed by atoms with Crippen LogP contribution in [0.2, 0.25) is 0 Å². The van der Waals surface area contributed by atoms with Gasteiger partial charge >= 0.3 is 0 Å². The molecule has 5 aromatic rings. The third kappa shape index (κ3) is 3.79. The molecule has 0 radical (unpaired) electrons. The number of rotatable bonds is 6. The fourth-order valence-electron chi connectivity index (χ4n) is 3.62. The molecule has 0 atom stereocenters. The van der Waals surface area contributed by atoms with Crippen molar-refractivity contribution >= 4 is 49.9 Å². The molecule has 2 aromatic heterocycles. The van der Waals surface area contributed by atoms with Crippen LogP contribution in [0.25, 0.3) is 31.7 Å². The highest BCUT2D eigenvalue weighted by Crippen LogP contribution is 2.36. The number of carbonyl (C=O) groups excluding carboxylic acids is 1. The maximum absolute atomic E-state index is 11.8. The number of benzene rings is 3. The second-order valence-corrected chi connectivity index (χ2v) is 8.21. The predicted molar refractivity (Wildman–Crippen MR) is 129 cm³/mol. The number of nitrogens with zero attached hydrogens (tertiary/aromatic N) is 3. The highest BCUT2D eigenvalue weighted by atomic mass is 32.1. The number of amides is 1.